The number of nitro groups is 1. The number of benzene rings is 1. The van der Waals surface area contributed by atoms with Crippen molar-refractivity contribution in [2.45, 2.75) is 24.6 Å². The average molecular weight is 254 g/mol. The number of non-ortho nitro benzene ring substituents is 1. The fraction of sp³-hybridized carbons (Fsp3) is 0.455. The van der Waals surface area contributed by atoms with Gasteiger partial charge in [-0.2, -0.15) is 0 Å². The molecular formula is C11H14N2O3S. The molecule has 1 unspecified atom stereocenters. The second-order valence-electron chi connectivity index (χ2n) is 4.23. The maximum Gasteiger partial charge on any atom is 0.270 e. The van der Waals surface area contributed by atoms with Gasteiger partial charge in [-0.05, 0) is 18.9 Å². The molecule has 2 rings (SSSR count). The zero-order chi connectivity index (χ0) is 12.4. The Balaban J connectivity index is 2.25. The van der Waals surface area contributed by atoms with Crippen LogP contribution in [0.3, 0.4) is 0 Å². The summed E-state index contributed by atoms with van der Waals surface area (Å²) in [5, 5.41) is 14.0. The molecule has 6 heteroatoms. The molecule has 1 aliphatic carbocycles. The molecule has 0 aliphatic heterocycles. The molecule has 5 nitrogen and oxygen atoms in total. The summed E-state index contributed by atoms with van der Waals surface area (Å²) in [6.07, 6.45) is 3.86. The molecule has 1 fully saturated rings. The molecule has 1 saturated carbocycles. The summed E-state index contributed by atoms with van der Waals surface area (Å²) in [4.78, 5) is 10.3. The lowest BCUT2D eigenvalue weighted by Crippen LogP contribution is -2.08. The maximum atomic E-state index is 11.3. The molecule has 1 aliphatic rings. The average Bonchev–Trinajstić information content (AvgIpc) is 3.03. The Morgan fingerprint density at radius 1 is 1.53 bits per heavy atom. The molecule has 1 atom stereocenters. The second-order valence-corrected chi connectivity index (χ2v) is 5.67. The summed E-state index contributed by atoms with van der Waals surface area (Å²) in [6, 6.07) is 5.16. The van der Waals surface area contributed by atoms with Gasteiger partial charge in [0, 0.05) is 29.4 Å². The van der Waals surface area contributed by atoms with Gasteiger partial charge in [0.05, 0.1) is 11.2 Å². The van der Waals surface area contributed by atoms with Crippen LogP contribution in [0.4, 0.5) is 11.4 Å². The van der Waals surface area contributed by atoms with Crippen molar-refractivity contribution in [2.75, 3.05) is 11.6 Å². The molecule has 0 bridgehead atoms. The van der Waals surface area contributed by atoms with Gasteiger partial charge in [-0.3, -0.25) is 10.1 Å². The zero-order valence-electron chi connectivity index (χ0n) is 9.51. The zero-order valence-corrected chi connectivity index (χ0v) is 10.3. The highest BCUT2D eigenvalue weighted by Gasteiger charge is 2.23. The molecule has 0 aromatic heterocycles. The lowest BCUT2D eigenvalue weighted by molar-refractivity contribution is -0.384. The first-order valence-electron chi connectivity index (χ1n) is 5.40. The molecule has 0 amide bonds. The Morgan fingerprint density at radius 2 is 2.24 bits per heavy atom. The van der Waals surface area contributed by atoms with Crippen LogP contribution < -0.4 is 5.32 Å². The Morgan fingerprint density at radius 3 is 2.76 bits per heavy atom. The van der Waals surface area contributed by atoms with E-state index >= 15 is 0 Å². The van der Waals surface area contributed by atoms with Gasteiger partial charge in [-0.15, -0.1) is 0 Å². The Labute approximate surface area is 103 Å². The summed E-state index contributed by atoms with van der Waals surface area (Å²) >= 11 is -1.01. The highest BCUT2D eigenvalue weighted by Crippen LogP contribution is 2.29. The van der Waals surface area contributed by atoms with Gasteiger partial charge in [0.25, 0.3) is 5.69 Å². The summed E-state index contributed by atoms with van der Waals surface area (Å²) in [7, 11) is 0. The third-order valence-electron chi connectivity index (χ3n) is 2.60. The van der Waals surface area contributed by atoms with Gasteiger partial charge in [0.1, 0.15) is 5.75 Å². The van der Waals surface area contributed by atoms with E-state index in [0.29, 0.717) is 11.8 Å². The Hall–Kier alpha value is -1.27. The minimum Gasteiger partial charge on any atom is -0.616 e. The number of hydrogen-bond acceptors (Lipinski definition) is 4. The first kappa shape index (κ1) is 12.2. The van der Waals surface area contributed by atoms with Crippen molar-refractivity contribution in [1.82, 2.24) is 0 Å². The smallest absolute Gasteiger partial charge is 0.270 e. The van der Waals surface area contributed by atoms with Crippen molar-refractivity contribution in [3.8, 4) is 0 Å². The predicted molar refractivity (Wildman–Crippen MR) is 67.5 cm³/mol. The lowest BCUT2D eigenvalue weighted by Gasteiger charge is -2.12. The van der Waals surface area contributed by atoms with Crippen molar-refractivity contribution in [1.29, 1.82) is 0 Å². The normalized spacial score (nSPS) is 16.6. The first-order valence-corrected chi connectivity index (χ1v) is 7.13. The Bertz CT molecular complexity index is 433. The number of nitrogens with one attached hydrogen (secondary N) is 1. The van der Waals surface area contributed by atoms with E-state index in [9.17, 15) is 14.7 Å². The van der Waals surface area contributed by atoms with Crippen molar-refractivity contribution >= 4 is 22.6 Å². The third kappa shape index (κ3) is 3.34. The van der Waals surface area contributed by atoms with E-state index in [1.165, 1.54) is 12.1 Å². The topological polar surface area (TPSA) is 78.2 Å². The summed E-state index contributed by atoms with van der Waals surface area (Å²) in [6.45, 7) is 0. The van der Waals surface area contributed by atoms with Crippen LogP contribution in [-0.4, -0.2) is 21.8 Å². The number of anilines is 1. The van der Waals surface area contributed by atoms with Crippen LogP contribution in [0, 0.1) is 10.1 Å². The standard InChI is InChI=1S/C11H14N2O3S/c1-17(16)7-8-6-10(13(14)15)4-5-11(8)12-9-2-3-9/h4-6,9,12H,2-3,7H2,1H3. The van der Waals surface area contributed by atoms with Crippen LogP contribution in [0.5, 0.6) is 0 Å². The van der Waals surface area contributed by atoms with E-state index in [2.05, 4.69) is 5.32 Å². The minimum atomic E-state index is -1.01. The van der Waals surface area contributed by atoms with E-state index < -0.39 is 16.1 Å². The molecule has 0 saturated heterocycles. The summed E-state index contributed by atoms with van der Waals surface area (Å²) in [5.74, 6) is 0.344. The largest absolute Gasteiger partial charge is 0.616 e. The first-order chi connectivity index (χ1) is 8.06. The molecule has 17 heavy (non-hydrogen) atoms. The van der Waals surface area contributed by atoms with E-state index in [1.807, 2.05) is 0 Å². The lowest BCUT2D eigenvalue weighted by atomic mass is 10.1. The Kier molecular flexibility index (Phi) is 3.54. The highest BCUT2D eigenvalue weighted by atomic mass is 32.2. The second kappa shape index (κ2) is 4.93. The van der Waals surface area contributed by atoms with Crippen LogP contribution in [0.2, 0.25) is 0 Å². The van der Waals surface area contributed by atoms with Crippen molar-refractivity contribution < 1.29 is 9.48 Å². The predicted octanol–water partition coefficient (Wildman–Crippen LogP) is 2.05. The van der Waals surface area contributed by atoms with Crippen molar-refractivity contribution in [3.05, 3.63) is 33.9 Å². The number of rotatable bonds is 5. The summed E-state index contributed by atoms with van der Waals surface area (Å²) < 4.78 is 11.3. The van der Waals surface area contributed by atoms with Crippen LogP contribution in [0.1, 0.15) is 18.4 Å². The van der Waals surface area contributed by atoms with Gasteiger partial charge >= 0.3 is 0 Å². The van der Waals surface area contributed by atoms with Crippen LogP contribution >= 0.6 is 0 Å². The monoisotopic (exact) mass is 254 g/mol. The van der Waals surface area contributed by atoms with E-state index in [1.54, 1.807) is 12.3 Å². The van der Waals surface area contributed by atoms with E-state index in [0.717, 1.165) is 24.1 Å². The third-order valence-corrected chi connectivity index (χ3v) is 3.31. The minimum absolute atomic E-state index is 0.0480. The van der Waals surface area contributed by atoms with Gasteiger partial charge in [-0.1, -0.05) is 11.2 Å². The maximum absolute atomic E-state index is 11.3. The number of nitro benzene ring substituents is 1. The number of nitrogens with zero attached hydrogens (tertiary/aromatic N) is 1. The molecule has 1 aromatic rings. The molecule has 92 valence electrons. The molecule has 0 heterocycles. The van der Waals surface area contributed by atoms with Crippen LogP contribution in [0.15, 0.2) is 18.2 Å². The van der Waals surface area contributed by atoms with Gasteiger partial charge in [0.15, 0.2) is 0 Å². The van der Waals surface area contributed by atoms with Gasteiger partial charge in [0.2, 0.25) is 0 Å². The number of hydrogen-bond donors (Lipinski definition) is 1. The molecule has 0 radical (unpaired) electrons. The van der Waals surface area contributed by atoms with Crippen molar-refractivity contribution in [3.63, 3.8) is 0 Å². The molecular weight excluding hydrogens is 240 g/mol. The molecule has 0 spiro atoms. The van der Waals surface area contributed by atoms with E-state index in [-0.39, 0.29) is 5.69 Å². The van der Waals surface area contributed by atoms with Crippen LogP contribution in [0.25, 0.3) is 0 Å². The fourth-order valence-electron chi connectivity index (χ4n) is 1.62. The quantitative estimate of drug-likeness (QED) is 0.495. The van der Waals surface area contributed by atoms with Crippen molar-refractivity contribution in [2.24, 2.45) is 0 Å². The molecule has 1 N–H and O–H groups in total. The van der Waals surface area contributed by atoms with E-state index in [4.69, 9.17) is 0 Å². The highest BCUT2D eigenvalue weighted by molar-refractivity contribution is 7.89. The van der Waals surface area contributed by atoms with Crippen LogP contribution in [-0.2, 0) is 16.9 Å². The summed E-state index contributed by atoms with van der Waals surface area (Å²) in [5.41, 5.74) is 1.67. The van der Waals surface area contributed by atoms with Gasteiger partial charge in [-0.25, -0.2) is 0 Å². The SMILES string of the molecule is C[S+]([O-])Cc1cc([N+](=O)[O-])ccc1NC1CC1. The van der Waals surface area contributed by atoms with Gasteiger partial charge < -0.3 is 9.87 Å². The fourth-order valence-corrected chi connectivity index (χ4v) is 2.30. The molecule has 1 aromatic carbocycles.